The molecule has 1 amide bonds. The number of aliphatic carboxylic acids is 2. The maximum atomic E-state index is 11.7. The highest BCUT2D eigenvalue weighted by molar-refractivity contribution is 5.84. The lowest BCUT2D eigenvalue weighted by Crippen LogP contribution is -2.64. The van der Waals surface area contributed by atoms with Crippen LogP contribution in [0.5, 0.6) is 0 Å². The van der Waals surface area contributed by atoms with Gasteiger partial charge in [-0.1, -0.05) is 12.2 Å². The van der Waals surface area contributed by atoms with Gasteiger partial charge in [0.1, 0.15) is 0 Å². The van der Waals surface area contributed by atoms with Crippen molar-refractivity contribution < 1.29 is 29.3 Å². The van der Waals surface area contributed by atoms with E-state index in [1.54, 1.807) is 19.1 Å². The Kier molecular flexibility index (Phi) is 3.21. The lowest BCUT2D eigenvalue weighted by Gasteiger charge is -2.51. The van der Waals surface area contributed by atoms with E-state index in [0.29, 0.717) is 0 Å². The van der Waals surface area contributed by atoms with Crippen molar-refractivity contribution in [2.24, 2.45) is 17.8 Å². The van der Waals surface area contributed by atoms with Gasteiger partial charge in [-0.15, -0.1) is 0 Å². The van der Waals surface area contributed by atoms with Crippen LogP contribution in [0.1, 0.15) is 6.92 Å². The summed E-state index contributed by atoms with van der Waals surface area (Å²) < 4.78 is 4.65. The maximum absolute atomic E-state index is 11.7. The van der Waals surface area contributed by atoms with E-state index in [-0.39, 0.29) is 0 Å². The summed E-state index contributed by atoms with van der Waals surface area (Å²) in [5.41, 5.74) is 0. The van der Waals surface area contributed by atoms with Crippen molar-refractivity contribution >= 4 is 18.0 Å². The number of piperidine rings is 1. The van der Waals surface area contributed by atoms with Crippen molar-refractivity contribution in [1.29, 1.82) is 0 Å². The minimum Gasteiger partial charge on any atom is -0.481 e. The molecule has 7 heteroatoms. The highest BCUT2D eigenvalue weighted by Crippen LogP contribution is 2.43. The van der Waals surface area contributed by atoms with Gasteiger partial charge in [0.2, 0.25) is 0 Å². The smallest absolute Gasteiger partial charge is 0.410 e. The van der Waals surface area contributed by atoms with E-state index in [2.05, 4.69) is 4.74 Å². The van der Waals surface area contributed by atoms with Crippen LogP contribution >= 0.6 is 0 Å². The Morgan fingerprint density at radius 1 is 1.11 bits per heavy atom. The fraction of sp³-hybridized carbons (Fsp3) is 0.583. The molecule has 2 bridgehead atoms. The van der Waals surface area contributed by atoms with E-state index < -0.39 is 47.9 Å². The van der Waals surface area contributed by atoms with Crippen LogP contribution in [0.3, 0.4) is 0 Å². The molecule has 104 valence electrons. The Labute approximate surface area is 109 Å². The normalized spacial score (nSPS) is 36.1. The summed E-state index contributed by atoms with van der Waals surface area (Å²) in [5.74, 6) is -5.07. The quantitative estimate of drug-likeness (QED) is 0.704. The third kappa shape index (κ3) is 1.85. The van der Waals surface area contributed by atoms with E-state index in [9.17, 15) is 24.6 Å². The fourth-order valence-electron chi connectivity index (χ4n) is 3.13. The highest BCUT2D eigenvalue weighted by Gasteiger charge is 2.56. The largest absolute Gasteiger partial charge is 0.481 e. The van der Waals surface area contributed by atoms with Gasteiger partial charge in [-0.25, -0.2) is 4.79 Å². The SMILES string of the molecule is COC(=O)N1[C@H](C)[C@H]2C=C[C@@H]1[C@@H](C(=O)O)[C@@H]2C(=O)O. The molecule has 0 saturated carbocycles. The minimum absolute atomic E-state index is 0.404. The molecule has 2 aliphatic heterocycles. The van der Waals surface area contributed by atoms with Gasteiger partial charge in [0.15, 0.2) is 0 Å². The van der Waals surface area contributed by atoms with Crippen LogP contribution in [-0.2, 0) is 14.3 Å². The average molecular weight is 269 g/mol. The van der Waals surface area contributed by atoms with Gasteiger partial charge < -0.3 is 14.9 Å². The number of nitrogens with zero attached hydrogens (tertiary/aromatic N) is 1. The van der Waals surface area contributed by atoms with E-state index >= 15 is 0 Å². The monoisotopic (exact) mass is 269 g/mol. The Balaban J connectivity index is 2.45. The molecule has 5 atom stereocenters. The first kappa shape index (κ1) is 13.4. The van der Waals surface area contributed by atoms with E-state index in [0.717, 1.165) is 0 Å². The van der Waals surface area contributed by atoms with Crippen LogP contribution in [0.4, 0.5) is 4.79 Å². The number of rotatable bonds is 2. The lowest BCUT2D eigenvalue weighted by molar-refractivity contribution is -0.164. The molecule has 0 spiro atoms. The van der Waals surface area contributed by atoms with Gasteiger partial charge in [0.25, 0.3) is 0 Å². The zero-order valence-corrected chi connectivity index (χ0v) is 10.5. The van der Waals surface area contributed by atoms with Crippen LogP contribution in [0.2, 0.25) is 0 Å². The van der Waals surface area contributed by atoms with Gasteiger partial charge in [0.05, 0.1) is 25.0 Å². The maximum Gasteiger partial charge on any atom is 0.410 e. The molecule has 0 radical (unpaired) electrons. The van der Waals surface area contributed by atoms with Gasteiger partial charge >= 0.3 is 18.0 Å². The molecule has 19 heavy (non-hydrogen) atoms. The van der Waals surface area contributed by atoms with Crippen molar-refractivity contribution in [1.82, 2.24) is 4.90 Å². The number of fused-ring (bicyclic) bond motifs is 2. The molecular weight excluding hydrogens is 254 g/mol. The van der Waals surface area contributed by atoms with E-state index in [4.69, 9.17) is 0 Å². The predicted molar refractivity (Wildman–Crippen MR) is 62.4 cm³/mol. The van der Waals surface area contributed by atoms with E-state index in [1.165, 1.54) is 12.0 Å². The van der Waals surface area contributed by atoms with Crippen molar-refractivity contribution in [2.75, 3.05) is 7.11 Å². The van der Waals surface area contributed by atoms with Crippen molar-refractivity contribution in [2.45, 2.75) is 19.0 Å². The minimum atomic E-state index is -1.22. The third-order valence-electron chi connectivity index (χ3n) is 3.97. The molecule has 7 nitrogen and oxygen atoms in total. The summed E-state index contributed by atoms with van der Waals surface area (Å²) in [6, 6.07) is -1.19. The molecule has 0 aromatic carbocycles. The molecule has 3 rings (SSSR count). The number of ether oxygens (including phenoxy) is 1. The summed E-state index contributed by atoms with van der Waals surface area (Å²) in [6.45, 7) is 1.70. The zero-order chi connectivity index (χ0) is 14.3. The number of carbonyl (C=O) groups excluding carboxylic acids is 1. The molecule has 1 saturated heterocycles. The number of carbonyl (C=O) groups is 3. The summed E-state index contributed by atoms with van der Waals surface area (Å²) in [4.78, 5) is 35.7. The number of carboxylic acid groups (broad SMARTS) is 2. The van der Waals surface area contributed by atoms with Crippen molar-refractivity contribution in [3.63, 3.8) is 0 Å². The number of hydrogen-bond acceptors (Lipinski definition) is 4. The first-order chi connectivity index (χ1) is 8.90. The van der Waals surface area contributed by atoms with Crippen LogP contribution in [0.25, 0.3) is 0 Å². The Morgan fingerprint density at radius 2 is 1.68 bits per heavy atom. The molecule has 2 N–H and O–H groups in total. The first-order valence-electron chi connectivity index (χ1n) is 5.90. The third-order valence-corrected chi connectivity index (χ3v) is 3.97. The summed E-state index contributed by atoms with van der Waals surface area (Å²) in [5, 5.41) is 18.5. The predicted octanol–water partition coefficient (Wildman–Crippen LogP) is 0.413. The molecule has 0 unspecified atom stereocenters. The van der Waals surface area contributed by atoms with Gasteiger partial charge in [0, 0.05) is 12.0 Å². The molecule has 1 aliphatic carbocycles. The lowest BCUT2D eigenvalue weighted by atomic mass is 9.66. The summed E-state index contributed by atoms with van der Waals surface area (Å²) in [7, 11) is 1.21. The van der Waals surface area contributed by atoms with Crippen LogP contribution < -0.4 is 0 Å². The topological polar surface area (TPSA) is 104 Å². The summed E-state index contributed by atoms with van der Waals surface area (Å²) in [6.07, 6.45) is 2.63. The number of methoxy groups -OCH3 is 1. The van der Waals surface area contributed by atoms with E-state index in [1.807, 2.05) is 0 Å². The fourth-order valence-corrected chi connectivity index (χ4v) is 3.13. The number of amides is 1. The molecule has 1 fully saturated rings. The second kappa shape index (κ2) is 4.56. The van der Waals surface area contributed by atoms with Crippen molar-refractivity contribution in [3.05, 3.63) is 12.2 Å². The Hall–Kier alpha value is -2.05. The van der Waals surface area contributed by atoms with Crippen molar-refractivity contribution in [3.8, 4) is 0 Å². The Morgan fingerprint density at radius 3 is 2.16 bits per heavy atom. The standard InChI is InChI=1S/C12H15NO6/c1-5-6-3-4-7(13(5)12(18)19-2)9(11(16)17)8(6)10(14)15/h3-9H,1-2H3,(H,14,15)(H,16,17)/t5-,6-,7-,8-,9-/m1/s1. The molecule has 2 heterocycles. The summed E-state index contributed by atoms with van der Waals surface area (Å²) >= 11 is 0. The number of hydrogen-bond donors (Lipinski definition) is 2. The zero-order valence-electron chi connectivity index (χ0n) is 10.5. The number of carboxylic acids is 2. The second-order valence-electron chi connectivity index (χ2n) is 4.80. The molecule has 0 aromatic rings. The van der Waals surface area contributed by atoms with Gasteiger partial charge in [-0.2, -0.15) is 0 Å². The Bertz CT molecular complexity index is 459. The first-order valence-corrected chi connectivity index (χ1v) is 5.90. The molecule has 3 aliphatic rings. The van der Waals surface area contributed by atoms with Crippen LogP contribution in [0.15, 0.2) is 12.2 Å². The van der Waals surface area contributed by atoms with Gasteiger partial charge in [-0.3, -0.25) is 14.5 Å². The van der Waals surface area contributed by atoms with Crippen LogP contribution in [0, 0.1) is 17.8 Å². The average Bonchev–Trinajstić information content (AvgIpc) is 2.37. The molecule has 0 aromatic heterocycles. The highest BCUT2D eigenvalue weighted by atomic mass is 16.5. The molecular formula is C12H15NO6. The van der Waals surface area contributed by atoms with Gasteiger partial charge in [-0.05, 0) is 6.92 Å². The van der Waals surface area contributed by atoms with Crippen LogP contribution in [-0.4, -0.2) is 52.3 Å². The second-order valence-corrected chi connectivity index (χ2v) is 4.80.